The molecule has 9 heteroatoms. The van der Waals surface area contributed by atoms with E-state index in [4.69, 9.17) is 0 Å². The van der Waals surface area contributed by atoms with Gasteiger partial charge in [0.05, 0.1) is 0 Å². The highest BCUT2D eigenvalue weighted by Crippen LogP contribution is 2.20. The average Bonchev–Trinajstić information content (AvgIpc) is 3.35. The molecule has 27 heavy (non-hydrogen) atoms. The summed E-state index contributed by atoms with van der Waals surface area (Å²) in [6.07, 6.45) is 6.16. The third-order valence-electron chi connectivity index (χ3n) is 4.87. The molecule has 9 nitrogen and oxygen atoms in total. The second kappa shape index (κ2) is 6.75. The van der Waals surface area contributed by atoms with E-state index >= 15 is 0 Å². The first kappa shape index (κ1) is 17.1. The first-order chi connectivity index (χ1) is 13.0. The van der Waals surface area contributed by atoms with Crippen LogP contribution in [0, 0.1) is 0 Å². The molecule has 1 fully saturated rings. The zero-order valence-corrected chi connectivity index (χ0v) is 15.2. The summed E-state index contributed by atoms with van der Waals surface area (Å²) in [6, 6.07) is 7.49. The Balaban J connectivity index is 1.51. The summed E-state index contributed by atoms with van der Waals surface area (Å²) in [5, 5.41) is 3.45. The summed E-state index contributed by atoms with van der Waals surface area (Å²) in [6.45, 7) is 1.46. The average molecular weight is 367 g/mol. The van der Waals surface area contributed by atoms with Crippen LogP contribution in [-0.2, 0) is 14.1 Å². The Bertz CT molecular complexity index is 1070. The van der Waals surface area contributed by atoms with Crippen molar-refractivity contribution in [3.05, 3.63) is 63.8 Å². The molecule has 1 aliphatic heterocycles. The quantitative estimate of drug-likeness (QED) is 0.716. The molecular formula is C18H21N7O2. The Morgan fingerprint density at radius 2 is 2.04 bits per heavy atom. The molecule has 0 radical (unpaired) electrons. The number of hydrogen-bond acceptors (Lipinski definition) is 6. The van der Waals surface area contributed by atoms with Crippen LogP contribution in [0.5, 0.6) is 0 Å². The molecule has 0 aliphatic carbocycles. The van der Waals surface area contributed by atoms with Crippen molar-refractivity contribution in [2.45, 2.75) is 12.5 Å². The molecule has 0 bridgehead atoms. The van der Waals surface area contributed by atoms with Crippen LogP contribution >= 0.6 is 0 Å². The van der Waals surface area contributed by atoms with Gasteiger partial charge in [-0.2, -0.15) is 0 Å². The minimum Gasteiger partial charge on any atom is -0.365 e. The SMILES string of the molecule is Cn1c(N2CC[C@H](Nc3cccc(-n4ccnc4)n3)C2)cc(=O)n(C)c1=O. The van der Waals surface area contributed by atoms with Crippen molar-refractivity contribution in [1.82, 2.24) is 23.7 Å². The Morgan fingerprint density at radius 3 is 2.81 bits per heavy atom. The molecular weight excluding hydrogens is 346 g/mol. The van der Waals surface area contributed by atoms with E-state index in [1.165, 1.54) is 17.7 Å². The molecule has 0 aromatic carbocycles. The fraction of sp³-hybridized carbons (Fsp3) is 0.333. The predicted octanol–water partition coefficient (Wildman–Crippen LogP) is 0.355. The van der Waals surface area contributed by atoms with Crippen molar-refractivity contribution in [3.63, 3.8) is 0 Å². The van der Waals surface area contributed by atoms with Crippen LogP contribution in [0.25, 0.3) is 5.82 Å². The third kappa shape index (κ3) is 3.23. The van der Waals surface area contributed by atoms with Gasteiger partial charge < -0.3 is 10.2 Å². The smallest absolute Gasteiger partial charge is 0.332 e. The molecule has 3 aromatic rings. The van der Waals surface area contributed by atoms with Crippen molar-refractivity contribution in [1.29, 1.82) is 0 Å². The van der Waals surface area contributed by atoms with E-state index in [-0.39, 0.29) is 17.3 Å². The summed E-state index contributed by atoms with van der Waals surface area (Å²) in [4.78, 5) is 34.9. The van der Waals surface area contributed by atoms with Crippen molar-refractivity contribution < 1.29 is 0 Å². The van der Waals surface area contributed by atoms with Crippen LogP contribution in [-0.4, -0.2) is 42.8 Å². The Labute approximate surface area is 155 Å². The number of anilines is 2. The van der Waals surface area contributed by atoms with Crippen LogP contribution in [0.2, 0.25) is 0 Å². The normalized spacial score (nSPS) is 16.7. The Hall–Kier alpha value is -3.36. The van der Waals surface area contributed by atoms with Gasteiger partial charge in [0, 0.05) is 51.7 Å². The lowest BCUT2D eigenvalue weighted by Gasteiger charge is -2.21. The maximum absolute atomic E-state index is 12.2. The lowest BCUT2D eigenvalue weighted by atomic mass is 10.2. The van der Waals surface area contributed by atoms with Crippen molar-refractivity contribution in [2.75, 3.05) is 23.3 Å². The van der Waals surface area contributed by atoms with Gasteiger partial charge in [-0.1, -0.05) is 6.07 Å². The highest BCUT2D eigenvalue weighted by atomic mass is 16.2. The number of rotatable bonds is 4. The highest BCUT2D eigenvalue weighted by molar-refractivity contribution is 5.45. The molecule has 0 spiro atoms. The molecule has 4 heterocycles. The minimum atomic E-state index is -0.316. The van der Waals surface area contributed by atoms with E-state index in [9.17, 15) is 9.59 Å². The van der Waals surface area contributed by atoms with Crippen molar-refractivity contribution >= 4 is 11.6 Å². The van der Waals surface area contributed by atoms with Gasteiger partial charge >= 0.3 is 5.69 Å². The fourth-order valence-corrected chi connectivity index (χ4v) is 3.36. The first-order valence-electron chi connectivity index (χ1n) is 8.77. The van der Waals surface area contributed by atoms with Gasteiger partial charge in [0.2, 0.25) is 0 Å². The standard InChI is InChI=1S/C18H21N7O2/c1-22-16(10-17(26)23(2)18(22)27)24-8-6-13(11-24)20-14-4-3-5-15(21-14)25-9-7-19-12-25/h3-5,7,9-10,12-13H,6,8,11H2,1-2H3,(H,20,21)/t13-/m0/s1. The van der Waals surface area contributed by atoms with Crippen LogP contribution in [0.3, 0.4) is 0 Å². The monoisotopic (exact) mass is 367 g/mol. The second-order valence-electron chi connectivity index (χ2n) is 6.67. The van der Waals surface area contributed by atoms with Crippen molar-refractivity contribution in [2.24, 2.45) is 14.1 Å². The summed E-state index contributed by atoms with van der Waals surface area (Å²) in [5.74, 6) is 2.22. The molecule has 4 rings (SSSR count). The van der Waals surface area contributed by atoms with Crippen LogP contribution in [0.1, 0.15) is 6.42 Å². The molecule has 1 atom stereocenters. The Kier molecular flexibility index (Phi) is 4.27. The zero-order chi connectivity index (χ0) is 19.0. The van der Waals surface area contributed by atoms with E-state index < -0.39 is 0 Å². The molecule has 3 aromatic heterocycles. The van der Waals surface area contributed by atoms with Crippen LogP contribution in [0.15, 0.2) is 52.6 Å². The zero-order valence-electron chi connectivity index (χ0n) is 15.2. The number of hydrogen-bond donors (Lipinski definition) is 1. The fourth-order valence-electron chi connectivity index (χ4n) is 3.36. The molecule has 0 amide bonds. The van der Waals surface area contributed by atoms with Crippen LogP contribution < -0.4 is 21.5 Å². The molecule has 1 N–H and O–H groups in total. The molecule has 1 saturated heterocycles. The van der Waals surface area contributed by atoms with Gasteiger partial charge in [-0.25, -0.2) is 14.8 Å². The number of pyridine rings is 1. The lowest BCUT2D eigenvalue weighted by molar-refractivity contribution is 0.672. The summed E-state index contributed by atoms with van der Waals surface area (Å²) in [7, 11) is 3.18. The Morgan fingerprint density at radius 1 is 1.19 bits per heavy atom. The van der Waals surface area contributed by atoms with Crippen molar-refractivity contribution in [3.8, 4) is 5.82 Å². The summed E-state index contributed by atoms with van der Waals surface area (Å²) < 4.78 is 4.48. The minimum absolute atomic E-state index is 0.176. The summed E-state index contributed by atoms with van der Waals surface area (Å²) in [5.41, 5.74) is -0.609. The number of nitrogens with zero attached hydrogens (tertiary/aromatic N) is 6. The largest absolute Gasteiger partial charge is 0.365 e. The number of nitrogens with one attached hydrogen (secondary N) is 1. The number of imidazole rings is 1. The van der Waals surface area contributed by atoms with Gasteiger partial charge in [-0.05, 0) is 18.6 Å². The molecule has 0 saturated carbocycles. The van der Waals surface area contributed by atoms with E-state index in [1.54, 1.807) is 19.6 Å². The highest BCUT2D eigenvalue weighted by Gasteiger charge is 2.25. The van der Waals surface area contributed by atoms with Gasteiger partial charge in [-0.15, -0.1) is 0 Å². The predicted molar refractivity (Wildman–Crippen MR) is 103 cm³/mol. The summed E-state index contributed by atoms with van der Waals surface area (Å²) >= 11 is 0. The second-order valence-corrected chi connectivity index (χ2v) is 6.67. The third-order valence-corrected chi connectivity index (χ3v) is 4.87. The van der Waals surface area contributed by atoms with E-state index in [0.717, 1.165) is 29.2 Å². The van der Waals surface area contributed by atoms with E-state index in [0.29, 0.717) is 12.4 Å². The van der Waals surface area contributed by atoms with Gasteiger partial charge in [0.25, 0.3) is 5.56 Å². The molecule has 1 aliphatic rings. The molecule has 140 valence electrons. The molecule has 0 unspecified atom stereocenters. The van der Waals surface area contributed by atoms with E-state index in [2.05, 4.69) is 20.2 Å². The topological polar surface area (TPSA) is 90.0 Å². The van der Waals surface area contributed by atoms with E-state index in [1.807, 2.05) is 29.0 Å². The lowest BCUT2D eigenvalue weighted by Crippen LogP contribution is -2.40. The van der Waals surface area contributed by atoms with Crippen LogP contribution in [0.4, 0.5) is 11.6 Å². The maximum Gasteiger partial charge on any atom is 0.332 e. The number of aromatic nitrogens is 5. The van der Waals surface area contributed by atoms with Gasteiger partial charge in [0.1, 0.15) is 23.8 Å². The van der Waals surface area contributed by atoms with Gasteiger partial charge in [-0.3, -0.25) is 18.5 Å². The maximum atomic E-state index is 12.2. The first-order valence-corrected chi connectivity index (χ1v) is 8.77. The van der Waals surface area contributed by atoms with Gasteiger partial charge in [0.15, 0.2) is 0 Å².